The van der Waals surface area contributed by atoms with E-state index in [0.29, 0.717) is 0 Å². The lowest BCUT2D eigenvalue weighted by molar-refractivity contribution is 1.40. The second kappa shape index (κ2) is 3.31. The summed E-state index contributed by atoms with van der Waals surface area (Å²) in [6.07, 6.45) is 1.99. The molecule has 0 aliphatic rings. The van der Waals surface area contributed by atoms with Gasteiger partial charge in [0, 0.05) is 17.0 Å². The monoisotopic (exact) mass is 207 g/mol. The third-order valence-electron chi connectivity index (χ3n) is 3.18. The minimum absolute atomic E-state index is 1.07. The van der Waals surface area contributed by atoms with Crippen LogP contribution in [0.1, 0.15) is 11.1 Å². The van der Waals surface area contributed by atoms with E-state index in [-0.39, 0.29) is 0 Å². The van der Waals surface area contributed by atoms with Gasteiger partial charge in [-0.15, -0.1) is 0 Å². The molecule has 0 aliphatic heterocycles. The summed E-state index contributed by atoms with van der Waals surface area (Å²) in [4.78, 5) is 4.51. The molecule has 0 fully saturated rings. The Balaban J connectivity index is 2.64. The maximum Gasteiger partial charge on any atom is 0.0708 e. The van der Waals surface area contributed by atoms with E-state index in [2.05, 4.69) is 49.2 Å². The molecule has 1 aromatic heterocycles. The summed E-state index contributed by atoms with van der Waals surface area (Å²) in [5.74, 6) is 0. The normalized spacial score (nSPS) is 11.1. The minimum atomic E-state index is 1.07. The molecule has 2 aromatic carbocycles. The maximum absolute atomic E-state index is 4.51. The van der Waals surface area contributed by atoms with E-state index in [1.165, 1.54) is 27.3 Å². The summed E-state index contributed by atoms with van der Waals surface area (Å²) in [5.41, 5.74) is 3.68. The lowest BCUT2D eigenvalue weighted by Gasteiger charge is -2.08. The van der Waals surface area contributed by atoms with Crippen molar-refractivity contribution in [2.75, 3.05) is 0 Å². The molecule has 1 heteroatoms. The Bertz CT molecular complexity index is 683. The van der Waals surface area contributed by atoms with Crippen LogP contribution < -0.4 is 0 Å². The van der Waals surface area contributed by atoms with Crippen molar-refractivity contribution in [3.8, 4) is 0 Å². The fraction of sp³-hybridized carbons (Fsp3) is 0.133. The maximum atomic E-state index is 4.51. The summed E-state index contributed by atoms with van der Waals surface area (Å²) in [6, 6.07) is 12.7. The first-order valence-corrected chi connectivity index (χ1v) is 5.51. The molecule has 3 aromatic rings. The molecule has 0 radical (unpaired) electrons. The predicted molar refractivity (Wildman–Crippen MR) is 68.7 cm³/mol. The van der Waals surface area contributed by atoms with Crippen LogP contribution in [0.2, 0.25) is 0 Å². The Morgan fingerprint density at radius 3 is 2.44 bits per heavy atom. The van der Waals surface area contributed by atoms with Gasteiger partial charge in [0.15, 0.2) is 0 Å². The number of aromatic nitrogens is 1. The molecular weight excluding hydrogens is 194 g/mol. The Morgan fingerprint density at radius 2 is 1.56 bits per heavy atom. The van der Waals surface area contributed by atoms with Crippen LogP contribution in [-0.2, 0) is 0 Å². The van der Waals surface area contributed by atoms with Gasteiger partial charge in [-0.2, -0.15) is 0 Å². The molecular formula is C15H13N. The molecule has 0 bridgehead atoms. The number of fused-ring (bicyclic) bond motifs is 3. The van der Waals surface area contributed by atoms with Gasteiger partial charge in [-0.3, -0.25) is 4.98 Å². The topological polar surface area (TPSA) is 12.9 Å². The van der Waals surface area contributed by atoms with E-state index in [1.54, 1.807) is 0 Å². The smallest absolute Gasteiger partial charge is 0.0708 e. The zero-order chi connectivity index (χ0) is 11.1. The molecule has 1 nitrogen and oxygen atoms in total. The largest absolute Gasteiger partial charge is 0.256 e. The van der Waals surface area contributed by atoms with Crippen molar-refractivity contribution in [2.24, 2.45) is 0 Å². The fourth-order valence-electron chi connectivity index (χ4n) is 2.29. The zero-order valence-electron chi connectivity index (χ0n) is 9.49. The van der Waals surface area contributed by atoms with Gasteiger partial charge < -0.3 is 0 Å². The van der Waals surface area contributed by atoms with Crippen LogP contribution in [0.4, 0.5) is 0 Å². The minimum Gasteiger partial charge on any atom is -0.256 e. The lowest BCUT2D eigenvalue weighted by Crippen LogP contribution is -1.87. The molecule has 78 valence electrons. The van der Waals surface area contributed by atoms with Crippen LogP contribution in [0.5, 0.6) is 0 Å². The van der Waals surface area contributed by atoms with Gasteiger partial charge in [-0.05, 0) is 36.4 Å². The van der Waals surface area contributed by atoms with Crippen molar-refractivity contribution in [3.05, 3.63) is 53.7 Å². The van der Waals surface area contributed by atoms with Crippen molar-refractivity contribution in [1.82, 2.24) is 4.98 Å². The third-order valence-corrected chi connectivity index (χ3v) is 3.18. The van der Waals surface area contributed by atoms with Crippen molar-refractivity contribution in [2.45, 2.75) is 13.8 Å². The fourth-order valence-corrected chi connectivity index (χ4v) is 2.29. The van der Waals surface area contributed by atoms with Crippen molar-refractivity contribution < 1.29 is 0 Å². The highest BCUT2D eigenvalue weighted by molar-refractivity contribution is 6.08. The Labute approximate surface area is 94.7 Å². The first-order valence-electron chi connectivity index (χ1n) is 5.51. The Morgan fingerprint density at radius 1 is 0.812 bits per heavy atom. The first-order chi connectivity index (χ1) is 7.77. The summed E-state index contributed by atoms with van der Waals surface area (Å²) in [5, 5.41) is 3.85. The molecule has 0 aliphatic carbocycles. The first kappa shape index (κ1) is 9.34. The zero-order valence-corrected chi connectivity index (χ0v) is 9.49. The van der Waals surface area contributed by atoms with Gasteiger partial charge in [0.05, 0.1) is 5.52 Å². The quantitative estimate of drug-likeness (QED) is 0.508. The number of hydrogen-bond acceptors (Lipinski definition) is 1. The van der Waals surface area contributed by atoms with E-state index >= 15 is 0 Å². The number of aryl methyl sites for hydroxylation is 2. The Hall–Kier alpha value is -1.89. The number of para-hydroxylation sites is 1. The number of hydrogen-bond donors (Lipinski definition) is 0. The van der Waals surface area contributed by atoms with Crippen molar-refractivity contribution >= 4 is 21.7 Å². The second-order valence-electron chi connectivity index (χ2n) is 4.26. The van der Waals surface area contributed by atoms with E-state index in [0.717, 1.165) is 5.52 Å². The number of benzene rings is 2. The standard InChI is InChI=1S/C15H13N/c1-10-7-8-11(2)15-12-5-3-4-6-14(12)16-9-13(10)15/h3-9H,1-2H3. The second-order valence-corrected chi connectivity index (χ2v) is 4.26. The van der Waals surface area contributed by atoms with Crippen LogP contribution in [0, 0.1) is 13.8 Å². The highest BCUT2D eigenvalue weighted by Gasteiger charge is 2.05. The molecule has 0 amide bonds. The van der Waals surface area contributed by atoms with Crippen LogP contribution >= 0.6 is 0 Å². The van der Waals surface area contributed by atoms with Crippen LogP contribution in [0.15, 0.2) is 42.6 Å². The van der Waals surface area contributed by atoms with E-state index in [4.69, 9.17) is 0 Å². The number of rotatable bonds is 0. The molecule has 3 rings (SSSR count). The molecule has 0 atom stereocenters. The van der Waals surface area contributed by atoms with E-state index in [9.17, 15) is 0 Å². The van der Waals surface area contributed by atoms with Gasteiger partial charge >= 0.3 is 0 Å². The number of pyridine rings is 1. The van der Waals surface area contributed by atoms with Crippen LogP contribution in [0.3, 0.4) is 0 Å². The Kier molecular flexibility index (Phi) is 1.93. The van der Waals surface area contributed by atoms with Gasteiger partial charge in [-0.1, -0.05) is 30.3 Å². The van der Waals surface area contributed by atoms with E-state index in [1.807, 2.05) is 12.3 Å². The summed E-state index contributed by atoms with van der Waals surface area (Å²) in [6.45, 7) is 4.30. The predicted octanol–water partition coefficient (Wildman–Crippen LogP) is 4.00. The SMILES string of the molecule is Cc1ccc(C)c2c1cnc1ccccc12. The van der Waals surface area contributed by atoms with Gasteiger partial charge in [0.2, 0.25) is 0 Å². The molecule has 0 spiro atoms. The van der Waals surface area contributed by atoms with Gasteiger partial charge in [-0.25, -0.2) is 0 Å². The summed E-state index contributed by atoms with van der Waals surface area (Å²) < 4.78 is 0. The molecule has 16 heavy (non-hydrogen) atoms. The lowest BCUT2D eigenvalue weighted by atomic mass is 9.99. The highest BCUT2D eigenvalue weighted by atomic mass is 14.6. The van der Waals surface area contributed by atoms with Gasteiger partial charge in [0.25, 0.3) is 0 Å². The molecule has 0 saturated heterocycles. The van der Waals surface area contributed by atoms with Crippen LogP contribution in [-0.4, -0.2) is 4.98 Å². The molecule has 0 N–H and O–H groups in total. The highest BCUT2D eigenvalue weighted by Crippen LogP contribution is 2.28. The van der Waals surface area contributed by atoms with Crippen molar-refractivity contribution in [1.29, 1.82) is 0 Å². The molecule has 0 unspecified atom stereocenters. The van der Waals surface area contributed by atoms with Crippen molar-refractivity contribution in [3.63, 3.8) is 0 Å². The molecule has 0 saturated carbocycles. The third kappa shape index (κ3) is 1.21. The van der Waals surface area contributed by atoms with Gasteiger partial charge in [0.1, 0.15) is 0 Å². The summed E-state index contributed by atoms with van der Waals surface area (Å²) in [7, 11) is 0. The average Bonchev–Trinajstić information content (AvgIpc) is 2.33. The van der Waals surface area contributed by atoms with E-state index < -0.39 is 0 Å². The molecule has 1 heterocycles. The number of nitrogens with zero attached hydrogens (tertiary/aromatic N) is 1. The van der Waals surface area contributed by atoms with Crippen LogP contribution in [0.25, 0.3) is 21.7 Å². The average molecular weight is 207 g/mol. The summed E-state index contributed by atoms with van der Waals surface area (Å²) >= 11 is 0.